The fraction of sp³-hybridized carbons (Fsp3) is 0.600. The minimum atomic E-state index is -3.36. The number of hydrogen-bond acceptors (Lipinski definition) is 5. The third-order valence-electron chi connectivity index (χ3n) is 2.63. The Balaban J connectivity index is 2.23. The van der Waals surface area contributed by atoms with E-state index >= 15 is 0 Å². The minimum absolute atomic E-state index is 0.105. The van der Waals surface area contributed by atoms with Crippen molar-refractivity contribution in [3.8, 4) is 0 Å². The molecule has 2 rings (SSSR count). The van der Waals surface area contributed by atoms with Crippen LogP contribution < -0.4 is 0 Å². The number of rotatable bonds is 3. The molecule has 0 bridgehead atoms. The highest BCUT2D eigenvalue weighted by atomic mass is 32.2. The van der Waals surface area contributed by atoms with Gasteiger partial charge in [0.25, 0.3) is 0 Å². The topological polar surface area (TPSA) is 57.6 Å². The lowest BCUT2D eigenvalue weighted by atomic mass is 10.4. The lowest BCUT2D eigenvalue weighted by molar-refractivity contribution is 0.285. The van der Waals surface area contributed by atoms with Crippen molar-refractivity contribution in [2.24, 2.45) is 0 Å². The average molecular weight is 293 g/mol. The van der Waals surface area contributed by atoms with Crippen LogP contribution in [0.3, 0.4) is 0 Å². The van der Waals surface area contributed by atoms with E-state index in [9.17, 15) is 8.42 Å². The molecular formula is C10H15NO3S3. The van der Waals surface area contributed by atoms with Crippen LogP contribution in [0.25, 0.3) is 0 Å². The SMILES string of the molecule is CC1CN(S(=O)(=O)c2csc(CO)c2)CCS1. The molecule has 0 aliphatic carbocycles. The number of sulfonamides is 1. The van der Waals surface area contributed by atoms with Crippen molar-refractivity contribution in [2.75, 3.05) is 18.8 Å². The largest absolute Gasteiger partial charge is 0.391 e. The zero-order chi connectivity index (χ0) is 12.5. The first-order valence-corrected chi connectivity index (χ1v) is 8.71. The first kappa shape index (κ1) is 13.4. The molecule has 0 radical (unpaired) electrons. The van der Waals surface area contributed by atoms with Gasteiger partial charge in [0.1, 0.15) is 0 Å². The Morgan fingerprint density at radius 2 is 2.35 bits per heavy atom. The molecule has 1 fully saturated rings. The van der Waals surface area contributed by atoms with Crippen LogP contribution >= 0.6 is 23.1 Å². The van der Waals surface area contributed by atoms with Gasteiger partial charge in [-0.1, -0.05) is 6.92 Å². The van der Waals surface area contributed by atoms with Crippen LogP contribution in [0, 0.1) is 0 Å². The van der Waals surface area contributed by atoms with Crippen molar-refractivity contribution < 1.29 is 13.5 Å². The zero-order valence-electron chi connectivity index (χ0n) is 9.50. The summed E-state index contributed by atoms with van der Waals surface area (Å²) in [7, 11) is -3.36. The van der Waals surface area contributed by atoms with Crippen LogP contribution in [0.2, 0.25) is 0 Å². The molecule has 4 nitrogen and oxygen atoms in total. The lowest BCUT2D eigenvalue weighted by Gasteiger charge is -2.29. The Bertz CT molecular complexity index is 483. The molecule has 7 heteroatoms. The van der Waals surface area contributed by atoms with E-state index in [1.165, 1.54) is 15.6 Å². The van der Waals surface area contributed by atoms with Gasteiger partial charge < -0.3 is 5.11 Å². The summed E-state index contributed by atoms with van der Waals surface area (Å²) >= 11 is 3.08. The second-order valence-corrected chi connectivity index (χ2v) is 8.43. The van der Waals surface area contributed by atoms with E-state index in [1.54, 1.807) is 23.2 Å². The van der Waals surface area contributed by atoms with Crippen LogP contribution in [0.5, 0.6) is 0 Å². The van der Waals surface area contributed by atoms with Crippen LogP contribution in [0.15, 0.2) is 16.3 Å². The van der Waals surface area contributed by atoms with Gasteiger partial charge in [0.15, 0.2) is 0 Å². The molecule has 17 heavy (non-hydrogen) atoms. The van der Waals surface area contributed by atoms with E-state index < -0.39 is 10.0 Å². The Kier molecular flexibility index (Phi) is 4.14. The summed E-state index contributed by atoms with van der Waals surface area (Å²) in [6.07, 6.45) is 0. The molecule has 96 valence electrons. The Morgan fingerprint density at radius 1 is 1.59 bits per heavy atom. The quantitative estimate of drug-likeness (QED) is 0.914. The second kappa shape index (κ2) is 5.27. The predicted octanol–water partition coefficient (Wildman–Crippen LogP) is 1.37. The summed E-state index contributed by atoms with van der Waals surface area (Å²) in [4.78, 5) is 0.994. The summed E-state index contributed by atoms with van der Waals surface area (Å²) in [5, 5.41) is 10.9. The van der Waals surface area contributed by atoms with Gasteiger partial charge in [0.2, 0.25) is 10.0 Å². The van der Waals surface area contributed by atoms with E-state index in [0.29, 0.717) is 28.1 Å². The number of nitrogens with zero attached hydrogens (tertiary/aromatic N) is 1. The van der Waals surface area contributed by atoms with Gasteiger partial charge in [-0.15, -0.1) is 11.3 Å². The van der Waals surface area contributed by atoms with Gasteiger partial charge in [-0.25, -0.2) is 8.42 Å². The molecule has 0 aromatic carbocycles. The Labute approximate surface area is 110 Å². The van der Waals surface area contributed by atoms with Crippen molar-refractivity contribution in [2.45, 2.75) is 23.7 Å². The first-order valence-electron chi connectivity index (χ1n) is 5.34. The highest BCUT2D eigenvalue weighted by Crippen LogP contribution is 2.27. The predicted molar refractivity (Wildman–Crippen MR) is 70.9 cm³/mol. The van der Waals surface area contributed by atoms with Crippen LogP contribution in [-0.4, -0.2) is 41.9 Å². The molecule has 1 aromatic heterocycles. The third kappa shape index (κ3) is 2.85. The maximum Gasteiger partial charge on any atom is 0.243 e. The van der Waals surface area contributed by atoms with Gasteiger partial charge in [-0.2, -0.15) is 16.1 Å². The van der Waals surface area contributed by atoms with Crippen molar-refractivity contribution in [1.82, 2.24) is 4.31 Å². The number of hydrogen-bond donors (Lipinski definition) is 1. The molecule has 1 aliphatic heterocycles. The Morgan fingerprint density at radius 3 is 2.94 bits per heavy atom. The summed E-state index contributed by atoms with van der Waals surface area (Å²) in [5.41, 5.74) is 0. The molecule has 1 aliphatic rings. The third-order valence-corrected chi connectivity index (χ3v) is 6.68. The van der Waals surface area contributed by atoms with E-state index in [4.69, 9.17) is 5.11 Å². The van der Waals surface area contributed by atoms with E-state index in [2.05, 4.69) is 0 Å². The maximum atomic E-state index is 12.3. The van der Waals surface area contributed by atoms with E-state index in [1.807, 2.05) is 6.92 Å². The molecule has 2 heterocycles. The van der Waals surface area contributed by atoms with Gasteiger partial charge in [-0.05, 0) is 6.07 Å². The zero-order valence-corrected chi connectivity index (χ0v) is 11.9. The smallest absolute Gasteiger partial charge is 0.243 e. The molecule has 1 unspecified atom stereocenters. The number of aliphatic hydroxyl groups is 1. The summed E-state index contributed by atoms with van der Waals surface area (Å²) in [5.74, 6) is 0.845. The van der Waals surface area contributed by atoms with Gasteiger partial charge >= 0.3 is 0 Å². The summed E-state index contributed by atoms with van der Waals surface area (Å²) in [6.45, 7) is 3.07. The number of thiophene rings is 1. The highest BCUT2D eigenvalue weighted by molar-refractivity contribution is 8.00. The molecule has 1 saturated heterocycles. The van der Waals surface area contributed by atoms with Gasteiger partial charge in [-0.3, -0.25) is 0 Å². The average Bonchev–Trinajstić information content (AvgIpc) is 2.78. The normalized spacial score (nSPS) is 22.8. The summed E-state index contributed by atoms with van der Waals surface area (Å²) in [6, 6.07) is 1.56. The molecule has 0 saturated carbocycles. The number of aliphatic hydroxyl groups excluding tert-OH is 1. The van der Waals surface area contributed by atoms with E-state index in [0.717, 1.165) is 5.75 Å². The first-order chi connectivity index (χ1) is 8.04. The Hall–Kier alpha value is -0.0800. The van der Waals surface area contributed by atoms with Crippen molar-refractivity contribution in [3.63, 3.8) is 0 Å². The second-order valence-electron chi connectivity index (χ2n) is 3.95. The molecule has 0 spiro atoms. The van der Waals surface area contributed by atoms with Crippen molar-refractivity contribution in [3.05, 3.63) is 16.3 Å². The minimum Gasteiger partial charge on any atom is -0.391 e. The fourth-order valence-corrected chi connectivity index (χ4v) is 5.61. The molecular weight excluding hydrogens is 278 g/mol. The van der Waals surface area contributed by atoms with Crippen molar-refractivity contribution in [1.29, 1.82) is 0 Å². The maximum absolute atomic E-state index is 12.3. The van der Waals surface area contributed by atoms with Crippen LogP contribution in [0.1, 0.15) is 11.8 Å². The van der Waals surface area contributed by atoms with Crippen LogP contribution in [-0.2, 0) is 16.6 Å². The molecule has 0 amide bonds. The van der Waals surface area contributed by atoms with Gasteiger partial charge in [0, 0.05) is 34.3 Å². The highest BCUT2D eigenvalue weighted by Gasteiger charge is 2.29. The molecule has 1 N–H and O–H groups in total. The molecule has 1 aromatic rings. The molecule has 1 atom stereocenters. The van der Waals surface area contributed by atoms with Gasteiger partial charge in [0.05, 0.1) is 11.5 Å². The monoisotopic (exact) mass is 293 g/mol. The number of thioether (sulfide) groups is 1. The summed E-state index contributed by atoms with van der Waals surface area (Å²) < 4.78 is 26.1. The van der Waals surface area contributed by atoms with Crippen molar-refractivity contribution >= 4 is 33.1 Å². The van der Waals surface area contributed by atoms with Crippen LogP contribution in [0.4, 0.5) is 0 Å². The lowest BCUT2D eigenvalue weighted by Crippen LogP contribution is -2.40. The standard InChI is InChI=1S/C10H15NO3S3/c1-8-5-11(2-3-15-8)17(13,14)10-4-9(6-12)16-7-10/h4,7-8,12H,2-3,5-6H2,1H3. The van der Waals surface area contributed by atoms with E-state index in [-0.39, 0.29) is 6.61 Å². The fourth-order valence-electron chi connectivity index (χ4n) is 1.73.